The van der Waals surface area contributed by atoms with Crippen LogP contribution in [0.2, 0.25) is 0 Å². The van der Waals surface area contributed by atoms with Crippen molar-refractivity contribution >= 4 is 5.78 Å². The van der Waals surface area contributed by atoms with E-state index in [0.717, 1.165) is 67.3 Å². The molecular formula is C30H38FNO3. The highest BCUT2D eigenvalue weighted by Gasteiger charge is 2.09. The van der Waals surface area contributed by atoms with Gasteiger partial charge in [-0.2, -0.15) is 0 Å². The molecule has 0 unspecified atom stereocenters. The highest BCUT2D eigenvalue weighted by atomic mass is 19.1. The molecule has 0 aliphatic carbocycles. The minimum absolute atomic E-state index is 0. The van der Waals surface area contributed by atoms with Gasteiger partial charge in [-0.05, 0) is 59.9 Å². The third kappa shape index (κ3) is 10.0. The van der Waals surface area contributed by atoms with E-state index in [1.165, 1.54) is 6.07 Å². The highest BCUT2D eigenvalue weighted by Crippen LogP contribution is 2.23. The lowest BCUT2D eigenvalue weighted by Gasteiger charge is -2.26. The van der Waals surface area contributed by atoms with Crippen LogP contribution >= 0.6 is 0 Å². The van der Waals surface area contributed by atoms with E-state index in [9.17, 15) is 9.18 Å². The number of Topliss-reactive ketones (excluding diaryl/α,β-unsaturated/α-hetero) is 1. The topological polar surface area (TPSA) is 38.8 Å². The van der Waals surface area contributed by atoms with Crippen LogP contribution in [0.15, 0.2) is 72.8 Å². The highest BCUT2D eigenvalue weighted by molar-refractivity contribution is 5.78. The number of nitrogens with zero attached hydrogens (tertiary/aromatic N) is 1. The Labute approximate surface area is 209 Å². The zero-order valence-electron chi connectivity index (χ0n) is 20.1. The molecule has 0 bridgehead atoms. The Morgan fingerprint density at radius 3 is 2.11 bits per heavy atom. The van der Waals surface area contributed by atoms with E-state index in [0.29, 0.717) is 13.0 Å². The van der Waals surface area contributed by atoms with Gasteiger partial charge >= 0.3 is 0 Å². The van der Waals surface area contributed by atoms with Gasteiger partial charge < -0.3 is 9.47 Å². The molecule has 5 heteroatoms. The molecule has 3 aromatic rings. The van der Waals surface area contributed by atoms with E-state index in [4.69, 9.17) is 9.47 Å². The minimum Gasteiger partial charge on any atom is -0.492 e. The summed E-state index contributed by atoms with van der Waals surface area (Å²) in [7, 11) is 0. The van der Waals surface area contributed by atoms with Gasteiger partial charge in [-0.1, -0.05) is 62.9 Å². The Morgan fingerprint density at radius 1 is 0.943 bits per heavy atom. The van der Waals surface area contributed by atoms with Crippen LogP contribution in [0.5, 0.6) is 5.75 Å². The minimum atomic E-state index is -0.144. The van der Waals surface area contributed by atoms with Crippen LogP contribution in [0.4, 0.5) is 4.39 Å². The van der Waals surface area contributed by atoms with Gasteiger partial charge in [0.25, 0.3) is 0 Å². The van der Waals surface area contributed by atoms with E-state index in [1.54, 1.807) is 19.1 Å². The summed E-state index contributed by atoms with van der Waals surface area (Å²) in [5.74, 6) is 0.936. The monoisotopic (exact) mass is 479 g/mol. The van der Waals surface area contributed by atoms with Crippen LogP contribution in [-0.2, 0) is 22.4 Å². The van der Waals surface area contributed by atoms with Crippen LogP contribution in [0.3, 0.4) is 0 Å². The number of hydrogen-bond acceptors (Lipinski definition) is 4. The first-order chi connectivity index (χ1) is 16.5. The predicted octanol–water partition coefficient (Wildman–Crippen LogP) is 6.22. The third-order valence-corrected chi connectivity index (χ3v) is 5.67. The summed E-state index contributed by atoms with van der Waals surface area (Å²) in [5.41, 5.74) is 4.40. The smallest absolute Gasteiger partial charge is 0.134 e. The number of aryl methyl sites for hydroxylation is 1. The number of benzene rings is 3. The molecule has 1 heterocycles. The molecule has 188 valence electrons. The average Bonchev–Trinajstić information content (AvgIpc) is 2.86. The predicted molar refractivity (Wildman–Crippen MR) is 142 cm³/mol. The molecule has 1 fully saturated rings. The molecular weight excluding hydrogens is 441 g/mol. The number of morpholine rings is 1. The number of rotatable bonds is 8. The Hall–Kier alpha value is -3.02. The van der Waals surface area contributed by atoms with Gasteiger partial charge in [-0.25, -0.2) is 4.39 Å². The summed E-state index contributed by atoms with van der Waals surface area (Å²) in [4.78, 5) is 13.5. The van der Waals surface area contributed by atoms with Crippen LogP contribution in [-0.4, -0.2) is 50.1 Å². The number of carbonyl (C=O) groups excluding carboxylic acids is 1. The zero-order valence-corrected chi connectivity index (χ0v) is 20.1. The molecule has 0 radical (unpaired) electrons. The van der Waals surface area contributed by atoms with Crippen LogP contribution in [0, 0.1) is 5.82 Å². The number of hydrogen-bond donors (Lipinski definition) is 0. The van der Waals surface area contributed by atoms with Crippen molar-refractivity contribution in [3.05, 3.63) is 89.7 Å². The molecule has 1 aliphatic rings. The molecule has 0 aromatic heterocycles. The summed E-state index contributed by atoms with van der Waals surface area (Å²) < 4.78 is 23.5. The van der Waals surface area contributed by atoms with Crippen LogP contribution < -0.4 is 4.74 Å². The summed E-state index contributed by atoms with van der Waals surface area (Å²) >= 11 is 0. The largest absolute Gasteiger partial charge is 0.492 e. The van der Waals surface area contributed by atoms with Crippen molar-refractivity contribution < 1.29 is 18.7 Å². The fourth-order valence-electron chi connectivity index (χ4n) is 3.72. The van der Waals surface area contributed by atoms with Crippen molar-refractivity contribution in [2.45, 2.75) is 34.1 Å². The van der Waals surface area contributed by atoms with Crippen molar-refractivity contribution in [3.63, 3.8) is 0 Å². The molecule has 0 N–H and O–H groups in total. The lowest BCUT2D eigenvalue weighted by atomic mass is 10.0. The van der Waals surface area contributed by atoms with E-state index >= 15 is 0 Å². The summed E-state index contributed by atoms with van der Waals surface area (Å²) in [6, 6.07) is 23.0. The molecule has 0 saturated carbocycles. The van der Waals surface area contributed by atoms with Gasteiger partial charge in [0.05, 0.1) is 13.2 Å². The fraction of sp³-hybridized carbons (Fsp3) is 0.367. The van der Waals surface area contributed by atoms with Crippen molar-refractivity contribution in [1.29, 1.82) is 0 Å². The van der Waals surface area contributed by atoms with Gasteiger partial charge in [0, 0.05) is 26.1 Å². The Kier molecular flexibility index (Phi) is 12.2. The van der Waals surface area contributed by atoms with E-state index in [2.05, 4.69) is 29.2 Å². The summed E-state index contributed by atoms with van der Waals surface area (Å²) in [5, 5.41) is 0. The van der Waals surface area contributed by atoms with E-state index in [1.807, 2.05) is 37.3 Å². The van der Waals surface area contributed by atoms with Crippen molar-refractivity contribution in [1.82, 2.24) is 4.90 Å². The van der Waals surface area contributed by atoms with Crippen molar-refractivity contribution in [3.8, 4) is 16.9 Å². The van der Waals surface area contributed by atoms with Gasteiger partial charge in [-0.3, -0.25) is 9.69 Å². The van der Waals surface area contributed by atoms with Gasteiger partial charge in [0.1, 0.15) is 24.0 Å². The quantitative estimate of drug-likeness (QED) is 0.384. The molecule has 4 nitrogen and oxygen atoms in total. The number of ether oxygens (including phenoxy) is 2. The molecule has 1 aliphatic heterocycles. The van der Waals surface area contributed by atoms with Crippen LogP contribution in [0.1, 0.15) is 32.4 Å². The lowest BCUT2D eigenvalue weighted by Crippen LogP contribution is -2.38. The molecule has 0 amide bonds. The van der Waals surface area contributed by atoms with E-state index in [-0.39, 0.29) is 19.0 Å². The van der Waals surface area contributed by atoms with Gasteiger partial charge in [0.2, 0.25) is 0 Å². The standard InChI is InChI=1S/C21H25NO3.C8H9F.CH4/c1-17(23)16-18-2-4-19(5-3-18)20-6-8-21(9-7-20)25-15-12-22-10-13-24-14-11-22;1-2-7-4-3-5-8(9)6-7;/h2-9H,10-16H2,1H3;3-6H,2H2,1H3;1H4. The zero-order chi connectivity index (χ0) is 24.2. The average molecular weight is 480 g/mol. The number of carbonyl (C=O) groups is 1. The maximum absolute atomic E-state index is 12.4. The molecule has 0 atom stereocenters. The third-order valence-electron chi connectivity index (χ3n) is 5.67. The van der Waals surface area contributed by atoms with Crippen LogP contribution in [0.25, 0.3) is 11.1 Å². The van der Waals surface area contributed by atoms with E-state index < -0.39 is 0 Å². The maximum Gasteiger partial charge on any atom is 0.134 e. The Morgan fingerprint density at radius 2 is 1.57 bits per heavy atom. The first-order valence-corrected chi connectivity index (χ1v) is 11.9. The molecule has 1 saturated heterocycles. The fourth-order valence-corrected chi connectivity index (χ4v) is 3.72. The first-order valence-electron chi connectivity index (χ1n) is 11.9. The SMILES string of the molecule is C.CC(=O)Cc1ccc(-c2ccc(OCCN3CCOCC3)cc2)cc1.CCc1cccc(F)c1. The van der Waals surface area contributed by atoms with Gasteiger partial charge in [-0.15, -0.1) is 0 Å². The second kappa shape index (κ2) is 15.1. The molecule has 3 aromatic carbocycles. The van der Waals surface area contributed by atoms with Gasteiger partial charge in [0.15, 0.2) is 0 Å². The normalized spacial score (nSPS) is 13.2. The summed E-state index contributed by atoms with van der Waals surface area (Å²) in [6.45, 7) is 8.87. The number of halogens is 1. The Balaban J connectivity index is 0.000000366. The number of ketones is 1. The molecule has 35 heavy (non-hydrogen) atoms. The first kappa shape index (κ1) is 28.2. The maximum atomic E-state index is 12.4. The van der Waals surface area contributed by atoms with Crippen molar-refractivity contribution in [2.75, 3.05) is 39.5 Å². The summed E-state index contributed by atoms with van der Waals surface area (Å²) in [6.07, 6.45) is 1.40. The second-order valence-electron chi connectivity index (χ2n) is 8.39. The second-order valence-corrected chi connectivity index (χ2v) is 8.39. The molecule has 4 rings (SSSR count). The molecule has 0 spiro atoms. The Bertz CT molecular complexity index is 1010. The lowest BCUT2D eigenvalue weighted by molar-refractivity contribution is -0.116. The van der Waals surface area contributed by atoms with Crippen molar-refractivity contribution in [2.24, 2.45) is 0 Å².